The number of aromatic nitrogens is 2. The molecule has 1 aliphatic rings. The number of hydrogen-bond acceptors (Lipinski definition) is 5. The van der Waals surface area contributed by atoms with Crippen LogP contribution in [0.15, 0.2) is 12.4 Å². The van der Waals surface area contributed by atoms with Gasteiger partial charge in [-0.25, -0.2) is 4.57 Å². The Labute approximate surface area is 111 Å². The number of nitrogens with zero attached hydrogens (tertiary/aromatic N) is 3. The van der Waals surface area contributed by atoms with Crippen LogP contribution in [0.4, 0.5) is 5.95 Å². The number of nitro groups is 1. The molecule has 0 aromatic carbocycles. The van der Waals surface area contributed by atoms with Crippen LogP contribution >= 0.6 is 0 Å². The fraction of sp³-hybridized carbons (Fsp3) is 0.750. The minimum Gasteiger partial charge on any atom is -0.390 e. The van der Waals surface area contributed by atoms with Gasteiger partial charge in [-0.2, -0.15) is 0 Å². The van der Waals surface area contributed by atoms with Crippen molar-refractivity contribution in [2.24, 2.45) is 5.41 Å². The Morgan fingerprint density at radius 3 is 2.63 bits per heavy atom. The van der Waals surface area contributed by atoms with Gasteiger partial charge in [-0.3, -0.25) is 0 Å². The van der Waals surface area contributed by atoms with Gasteiger partial charge >= 0.3 is 5.95 Å². The van der Waals surface area contributed by atoms with Gasteiger partial charge in [-0.1, -0.05) is 11.9 Å². The third-order valence-corrected chi connectivity index (χ3v) is 3.56. The third-order valence-electron chi connectivity index (χ3n) is 3.56. The Morgan fingerprint density at radius 1 is 1.47 bits per heavy atom. The Morgan fingerprint density at radius 2 is 2.11 bits per heavy atom. The highest BCUT2D eigenvalue weighted by Crippen LogP contribution is 2.34. The van der Waals surface area contributed by atoms with Crippen LogP contribution < -0.4 is 0 Å². The molecule has 0 amide bonds. The van der Waals surface area contributed by atoms with Gasteiger partial charge in [0.15, 0.2) is 5.79 Å². The van der Waals surface area contributed by atoms with E-state index in [9.17, 15) is 10.1 Å². The van der Waals surface area contributed by atoms with Crippen molar-refractivity contribution in [3.63, 3.8) is 0 Å². The maximum atomic E-state index is 10.9. The lowest BCUT2D eigenvalue weighted by atomic mass is 9.85. The van der Waals surface area contributed by atoms with Crippen molar-refractivity contribution in [2.75, 3.05) is 13.2 Å². The van der Waals surface area contributed by atoms with Gasteiger partial charge in [-0.15, -0.1) is 0 Å². The summed E-state index contributed by atoms with van der Waals surface area (Å²) in [6, 6.07) is 0. The van der Waals surface area contributed by atoms with E-state index < -0.39 is 10.7 Å². The summed E-state index contributed by atoms with van der Waals surface area (Å²) in [6.45, 7) is 7.28. The summed E-state index contributed by atoms with van der Waals surface area (Å²) in [5.74, 6) is -0.725. The van der Waals surface area contributed by atoms with E-state index in [4.69, 9.17) is 9.47 Å². The van der Waals surface area contributed by atoms with Crippen LogP contribution in [-0.2, 0) is 16.0 Å². The molecule has 0 radical (unpaired) electrons. The highest BCUT2D eigenvalue weighted by molar-refractivity contribution is 5.07. The quantitative estimate of drug-likeness (QED) is 0.616. The first-order valence-electron chi connectivity index (χ1n) is 6.31. The Hall–Kier alpha value is -1.47. The Bertz CT molecular complexity index is 459. The van der Waals surface area contributed by atoms with Gasteiger partial charge in [0.2, 0.25) is 0 Å². The van der Waals surface area contributed by atoms with Crippen molar-refractivity contribution in [3.8, 4) is 0 Å². The van der Waals surface area contributed by atoms with Gasteiger partial charge < -0.3 is 19.6 Å². The lowest BCUT2D eigenvalue weighted by molar-refractivity contribution is -0.397. The first-order chi connectivity index (χ1) is 8.87. The van der Waals surface area contributed by atoms with Gasteiger partial charge in [0.25, 0.3) is 0 Å². The molecule has 1 aromatic heterocycles. The second-order valence-electron chi connectivity index (χ2n) is 5.44. The highest BCUT2D eigenvalue weighted by atomic mass is 16.7. The van der Waals surface area contributed by atoms with Crippen LogP contribution in [0.5, 0.6) is 0 Å². The first kappa shape index (κ1) is 14.0. The largest absolute Gasteiger partial charge is 0.434 e. The fourth-order valence-electron chi connectivity index (χ4n) is 2.10. The number of ether oxygens (including phenoxy) is 2. The predicted octanol–water partition coefficient (Wildman–Crippen LogP) is 1.97. The smallest absolute Gasteiger partial charge is 0.390 e. The zero-order valence-electron chi connectivity index (χ0n) is 11.5. The second-order valence-corrected chi connectivity index (χ2v) is 5.44. The Kier molecular flexibility index (Phi) is 3.60. The van der Waals surface area contributed by atoms with Crippen LogP contribution in [0.2, 0.25) is 0 Å². The van der Waals surface area contributed by atoms with E-state index in [-0.39, 0.29) is 11.4 Å². The molecule has 0 N–H and O–H groups in total. The fourth-order valence-corrected chi connectivity index (χ4v) is 2.10. The lowest BCUT2D eigenvalue weighted by Gasteiger charge is -2.42. The van der Waals surface area contributed by atoms with Crippen molar-refractivity contribution in [1.29, 1.82) is 0 Å². The second kappa shape index (κ2) is 4.90. The van der Waals surface area contributed by atoms with E-state index in [2.05, 4.69) is 4.98 Å². The molecule has 1 aliphatic heterocycles. The minimum atomic E-state index is -0.584. The highest BCUT2D eigenvalue weighted by Gasteiger charge is 2.41. The molecule has 106 valence electrons. The first-order valence-corrected chi connectivity index (χ1v) is 6.31. The maximum absolute atomic E-state index is 10.9. The zero-order valence-corrected chi connectivity index (χ0v) is 11.5. The summed E-state index contributed by atoms with van der Waals surface area (Å²) >= 11 is 0. The lowest BCUT2D eigenvalue weighted by Crippen LogP contribution is -2.48. The Balaban J connectivity index is 2.15. The molecule has 0 unspecified atom stereocenters. The van der Waals surface area contributed by atoms with Crippen LogP contribution in [0.3, 0.4) is 0 Å². The van der Waals surface area contributed by atoms with Gasteiger partial charge in [-0.05, 0) is 25.2 Å². The third kappa shape index (κ3) is 2.93. The molecule has 1 aromatic rings. The summed E-state index contributed by atoms with van der Waals surface area (Å²) in [4.78, 5) is 14.2. The standard InChI is InChI=1S/C12H19N3O4/c1-4-12(8-18-11(2,3)19-9-12)7-14-6-5-13-10(14)15(16)17/h5-6H,4,7-9H2,1-3H3. The average Bonchev–Trinajstić information content (AvgIpc) is 2.80. The van der Waals surface area contributed by atoms with Gasteiger partial charge in [0, 0.05) is 5.41 Å². The molecule has 2 heterocycles. The molecule has 0 saturated carbocycles. The summed E-state index contributed by atoms with van der Waals surface area (Å²) in [5.41, 5.74) is -0.249. The number of rotatable bonds is 4. The van der Waals surface area contributed by atoms with E-state index in [0.717, 1.165) is 6.42 Å². The van der Waals surface area contributed by atoms with Crippen LogP contribution in [0.1, 0.15) is 27.2 Å². The topological polar surface area (TPSA) is 79.4 Å². The molecular formula is C12H19N3O4. The summed E-state index contributed by atoms with van der Waals surface area (Å²) in [7, 11) is 0. The van der Waals surface area contributed by atoms with E-state index in [0.29, 0.717) is 19.8 Å². The maximum Gasteiger partial charge on any atom is 0.434 e. The van der Waals surface area contributed by atoms with Crippen molar-refractivity contribution < 1.29 is 14.4 Å². The molecule has 0 atom stereocenters. The predicted molar refractivity (Wildman–Crippen MR) is 67.6 cm³/mol. The zero-order chi connectivity index (χ0) is 14.1. The molecule has 1 saturated heterocycles. The molecular weight excluding hydrogens is 250 g/mol. The number of imidazole rings is 1. The molecule has 1 fully saturated rings. The monoisotopic (exact) mass is 269 g/mol. The summed E-state index contributed by atoms with van der Waals surface area (Å²) < 4.78 is 12.9. The molecule has 2 rings (SSSR count). The van der Waals surface area contributed by atoms with E-state index >= 15 is 0 Å². The molecule has 0 bridgehead atoms. The molecule has 0 spiro atoms. The normalized spacial score (nSPS) is 21.2. The van der Waals surface area contributed by atoms with Crippen LogP contribution in [0.25, 0.3) is 0 Å². The SMILES string of the molecule is CCC1(Cn2ccnc2[N+](=O)[O-])COC(C)(C)OC1. The molecule has 19 heavy (non-hydrogen) atoms. The van der Waals surface area contributed by atoms with Crippen molar-refractivity contribution in [2.45, 2.75) is 39.5 Å². The van der Waals surface area contributed by atoms with Crippen LogP contribution in [-0.4, -0.2) is 33.5 Å². The summed E-state index contributed by atoms with van der Waals surface area (Å²) in [5, 5.41) is 10.9. The van der Waals surface area contributed by atoms with Crippen LogP contribution in [0, 0.1) is 15.5 Å². The molecule has 7 nitrogen and oxygen atoms in total. The minimum absolute atomic E-state index is 0.141. The van der Waals surface area contributed by atoms with Crippen molar-refractivity contribution in [3.05, 3.63) is 22.5 Å². The van der Waals surface area contributed by atoms with Crippen molar-refractivity contribution >= 4 is 5.95 Å². The van der Waals surface area contributed by atoms with E-state index in [1.54, 1.807) is 10.8 Å². The summed E-state index contributed by atoms with van der Waals surface area (Å²) in [6.07, 6.45) is 3.88. The van der Waals surface area contributed by atoms with E-state index in [1.807, 2.05) is 20.8 Å². The average molecular weight is 269 g/mol. The van der Waals surface area contributed by atoms with Crippen molar-refractivity contribution in [1.82, 2.24) is 9.55 Å². The molecule has 7 heteroatoms. The molecule has 0 aliphatic carbocycles. The number of hydrogen-bond donors (Lipinski definition) is 0. The van der Waals surface area contributed by atoms with Gasteiger partial charge in [0.1, 0.15) is 12.4 Å². The van der Waals surface area contributed by atoms with E-state index in [1.165, 1.54) is 6.20 Å². The van der Waals surface area contributed by atoms with Gasteiger partial charge in [0.05, 0.1) is 19.8 Å².